The molecule has 3 nitrogen and oxygen atoms in total. The molecule has 0 radical (unpaired) electrons. The van der Waals surface area contributed by atoms with Crippen LogP contribution in [0.5, 0.6) is 0 Å². The molecular formula is C9H15N3S. The van der Waals surface area contributed by atoms with Crippen molar-refractivity contribution in [3.8, 4) is 0 Å². The van der Waals surface area contributed by atoms with Crippen LogP contribution in [0.25, 0.3) is 0 Å². The Morgan fingerprint density at radius 3 is 3.08 bits per heavy atom. The van der Waals surface area contributed by atoms with Crippen molar-refractivity contribution in [2.45, 2.75) is 44.3 Å². The van der Waals surface area contributed by atoms with Crippen molar-refractivity contribution in [3.05, 3.63) is 5.82 Å². The van der Waals surface area contributed by atoms with Crippen LogP contribution in [0.2, 0.25) is 0 Å². The van der Waals surface area contributed by atoms with Crippen molar-refractivity contribution in [3.63, 3.8) is 0 Å². The largest absolute Gasteiger partial charge is 0.306 e. The Kier molecular flexibility index (Phi) is 2.88. The molecule has 13 heavy (non-hydrogen) atoms. The highest BCUT2D eigenvalue weighted by atomic mass is 32.2. The lowest BCUT2D eigenvalue weighted by Crippen LogP contribution is -2.02. The van der Waals surface area contributed by atoms with Gasteiger partial charge in [0.05, 0.1) is 0 Å². The molecule has 0 aromatic carbocycles. The van der Waals surface area contributed by atoms with Crippen LogP contribution < -0.4 is 0 Å². The molecule has 0 aliphatic carbocycles. The average Bonchev–Trinajstić information content (AvgIpc) is 2.38. The molecule has 1 aromatic heterocycles. The van der Waals surface area contributed by atoms with Crippen LogP contribution in [0.3, 0.4) is 0 Å². The lowest BCUT2D eigenvalue weighted by molar-refractivity contribution is 0.591. The van der Waals surface area contributed by atoms with Gasteiger partial charge in [-0.25, -0.2) is 0 Å². The predicted molar refractivity (Wildman–Crippen MR) is 54.0 cm³/mol. The van der Waals surface area contributed by atoms with Gasteiger partial charge >= 0.3 is 0 Å². The Hall–Kier alpha value is -0.510. The van der Waals surface area contributed by atoms with Crippen molar-refractivity contribution in [1.29, 1.82) is 0 Å². The highest BCUT2D eigenvalue weighted by Gasteiger charge is 2.13. The van der Waals surface area contributed by atoms with E-state index in [0.717, 1.165) is 23.9 Å². The predicted octanol–water partition coefficient (Wildman–Crippen LogP) is 2.12. The van der Waals surface area contributed by atoms with E-state index >= 15 is 0 Å². The smallest absolute Gasteiger partial charge is 0.191 e. The molecule has 0 bridgehead atoms. The maximum absolute atomic E-state index is 4.23. The maximum atomic E-state index is 4.23. The monoisotopic (exact) mass is 197 g/mol. The van der Waals surface area contributed by atoms with E-state index in [2.05, 4.69) is 21.7 Å². The minimum atomic E-state index is 1.08. The van der Waals surface area contributed by atoms with E-state index in [1.807, 2.05) is 0 Å². The summed E-state index contributed by atoms with van der Waals surface area (Å²) >= 11 is 1.80. The number of hydrogen-bond acceptors (Lipinski definition) is 3. The summed E-state index contributed by atoms with van der Waals surface area (Å²) < 4.78 is 2.29. The van der Waals surface area contributed by atoms with Crippen LogP contribution >= 0.6 is 11.8 Å². The molecule has 4 heteroatoms. The summed E-state index contributed by atoms with van der Waals surface area (Å²) in [5, 5.41) is 9.54. The topological polar surface area (TPSA) is 30.7 Å². The molecule has 0 N–H and O–H groups in total. The van der Waals surface area contributed by atoms with Crippen LogP contribution in [-0.2, 0) is 13.0 Å². The van der Waals surface area contributed by atoms with Gasteiger partial charge in [-0.15, -0.1) is 10.2 Å². The van der Waals surface area contributed by atoms with E-state index in [4.69, 9.17) is 0 Å². The highest BCUT2D eigenvalue weighted by molar-refractivity contribution is 7.99. The van der Waals surface area contributed by atoms with Crippen LogP contribution in [0.4, 0.5) is 0 Å². The van der Waals surface area contributed by atoms with Gasteiger partial charge < -0.3 is 4.57 Å². The number of aromatic nitrogens is 3. The van der Waals surface area contributed by atoms with Gasteiger partial charge in [0.1, 0.15) is 5.82 Å². The van der Waals surface area contributed by atoms with Crippen LogP contribution in [0.1, 0.15) is 32.0 Å². The first-order valence-electron chi connectivity index (χ1n) is 4.96. The van der Waals surface area contributed by atoms with Gasteiger partial charge in [0, 0.05) is 13.0 Å². The second kappa shape index (κ2) is 4.13. The standard InChI is InChI=1S/C9H15N3S/c1-2-13-9-11-10-8-6-4-3-5-7-12(8)9/h2-7H2,1H3. The molecule has 1 aliphatic rings. The third-order valence-electron chi connectivity index (χ3n) is 2.35. The molecule has 0 saturated heterocycles. The van der Waals surface area contributed by atoms with E-state index in [0.29, 0.717) is 0 Å². The fourth-order valence-electron chi connectivity index (χ4n) is 1.69. The Morgan fingerprint density at radius 2 is 2.23 bits per heavy atom. The molecule has 1 aliphatic heterocycles. The molecule has 2 rings (SSSR count). The SMILES string of the molecule is CCSc1nnc2n1CCCCC2. The molecule has 0 atom stereocenters. The molecule has 0 saturated carbocycles. The fraction of sp³-hybridized carbons (Fsp3) is 0.778. The fourth-order valence-corrected chi connectivity index (χ4v) is 2.40. The summed E-state index contributed by atoms with van der Waals surface area (Å²) in [4.78, 5) is 0. The van der Waals surface area contributed by atoms with Crippen molar-refractivity contribution in [1.82, 2.24) is 14.8 Å². The summed E-state index contributed by atoms with van der Waals surface area (Å²) in [6, 6.07) is 0. The molecule has 2 heterocycles. The first kappa shape index (κ1) is 9.06. The van der Waals surface area contributed by atoms with E-state index in [1.54, 1.807) is 11.8 Å². The number of fused-ring (bicyclic) bond motifs is 1. The van der Waals surface area contributed by atoms with Gasteiger partial charge in [-0.3, -0.25) is 0 Å². The van der Waals surface area contributed by atoms with E-state index < -0.39 is 0 Å². The maximum Gasteiger partial charge on any atom is 0.191 e. The number of nitrogens with zero attached hydrogens (tertiary/aromatic N) is 3. The molecular weight excluding hydrogens is 182 g/mol. The quantitative estimate of drug-likeness (QED) is 0.680. The molecule has 0 spiro atoms. The Bertz CT molecular complexity index is 282. The van der Waals surface area contributed by atoms with Crippen molar-refractivity contribution in [2.24, 2.45) is 0 Å². The van der Waals surface area contributed by atoms with E-state index in [-0.39, 0.29) is 0 Å². The second-order valence-electron chi connectivity index (χ2n) is 3.29. The molecule has 72 valence electrons. The number of thioether (sulfide) groups is 1. The average molecular weight is 197 g/mol. The Morgan fingerprint density at radius 1 is 1.31 bits per heavy atom. The third-order valence-corrected chi connectivity index (χ3v) is 3.20. The van der Waals surface area contributed by atoms with Gasteiger partial charge in [0.25, 0.3) is 0 Å². The number of hydrogen-bond donors (Lipinski definition) is 0. The van der Waals surface area contributed by atoms with Crippen LogP contribution in [-0.4, -0.2) is 20.5 Å². The Balaban J connectivity index is 2.23. The van der Waals surface area contributed by atoms with Crippen molar-refractivity contribution in [2.75, 3.05) is 5.75 Å². The zero-order valence-corrected chi connectivity index (χ0v) is 8.81. The Labute approximate surface area is 82.9 Å². The highest BCUT2D eigenvalue weighted by Crippen LogP contribution is 2.20. The lowest BCUT2D eigenvalue weighted by atomic mass is 10.2. The van der Waals surface area contributed by atoms with E-state index in [9.17, 15) is 0 Å². The number of rotatable bonds is 2. The van der Waals surface area contributed by atoms with Gasteiger partial charge in [-0.1, -0.05) is 25.1 Å². The van der Waals surface area contributed by atoms with Crippen LogP contribution in [0.15, 0.2) is 5.16 Å². The second-order valence-corrected chi connectivity index (χ2v) is 4.53. The summed E-state index contributed by atoms with van der Waals surface area (Å²) in [6.45, 7) is 3.27. The number of aryl methyl sites for hydroxylation is 1. The minimum Gasteiger partial charge on any atom is -0.306 e. The molecule has 1 aromatic rings. The molecule has 0 unspecified atom stereocenters. The first-order valence-corrected chi connectivity index (χ1v) is 5.95. The van der Waals surface area contributed by atoms with Gasteiger partial charge in [-0.05, 0) is 18.6 Å². The first-order chi connectivity index (χ1) is 6.42. The minimum absolute atomic E-state index is 1.08. The molecule has 0 fully saturated rings. The molecule has 0 amide bonds. The van der Waals surface area contributed by atoms with Gasteiger partial charge in [-0.2, -0.15) is 0 Å². The zero-order chi connectivity index (χ0) is 9.10. The lowest BCUT2D eigenvalue weighted by Gasteiger charge is -2.04. The summed E-state index contributed by atoms with van der Waals surface area (Å²) in [5.74, 6) is 2.27. The third kappa shape index (κ3) is 1.88. The zero-order valence-electron chi connectivity index (χ0n) is 7.99. The van der Waals surface area contributed by atoms with Gasteiger partial charge in [0.15, 0.2) is 5.16 Å². The van der Waals surface area contributed by atoms with Crippen molar-refractivity contribution < 1.29 is 0 Å². The van der Waals surface area contributed by atoms with Gasteiger partial charge in [0.2, 0.25) is 0 Å². The van der Waals surface area contributed by atoms with E-state index in [1.165, 1.54) is 25.1 Å². The summed E-state index contributed by atoms with van der Waals surface area (Å²) in [7, 11) is 0. The summed E-state index contributed by atoms with van der Waals surface area (Å²) in [6.07, 6.45) is 4.99. The van der Waals surface area contributed by atoms with Crippen molar-refractivity contribution >= 4 is 11.8 Å². The summed E-state index contributed by atoms with van der Waals surface area (Å²) in [5.41, 5.74) is 0. The van der Waals surface area contributed by atoms with Crippen LogP contribution in [0, 0.1) is 0 Å². The normalized spacial score (nSPS) is 16.7.